The van der Waals surface area contributed by atoms with Crippen LogP contribution in [0.2, 0.25) is 0 Å². The van der Waals surface area contributed by atoms with Gasteiger partial charge in [0.2, 0.25) is 0 Å². The van der Waals surface area contributed by atoms with E-state index in [1.54, 1.807) is 20.2 Å². The molecular formula is C23H40N6O4. The van der Waals surface area contributed by atoms with Crippen molar-refractivity contribution in [3.8, 4) is 0 Å². The molecule has 0 radical (unpaired) electrons. The molecule has 2 rings (SSSR count). The average Bonchev–Trinajstić information content (AvgIpc) is 3.37. The van der Waals surface area contributed by atoms with E-state index in [9.17, 15) is 9.59 Å². The Morgan fingerprint density at radius 1 is 1.24 bits per heavy atom. The summed E-state index contributed by atoms with van der Waals surface area (Å²) in [7, 11) is 5.18. The number of ether oxygens (including phenoxy) is 2. The van der Waals surface area contributed by atoms with Crippen LogP contribution in [-0.4, -0.2) is 58.7 Å². The van der Waals surface area contributed by atoms with Crippen LogP contribution in [0, 0.1) is 0 Å². The topological polar surface area (TPSA) is 123 Å². The monoisotopic (exact) mass is 464 g/mol. The second-order valence-electron chi connectivity index (χ2n) is 8.27. The Morgan fingerprint density at radius 2 is 1.97 bits per heavy atom. The standard InChI is InChI=1S/C16H30N4O2.C7H10N2O2/c1-6-7-13(14-10-15(17-5)20-19-14)9-8-12(4)22-16(21)18-11(2)3;1-9-7(4-10)3-6(8-9)5-11-2/h10-13H,6-9H2,1-5H3,(H,18,21)(H2,17,19,20);3-4H,5H2,1-2H3. The largest absolute Gasteiger partial charge is 0.447 e. The Balaban J connectivity index is 0.000000412. The highest BCUT2D eigenvalue weighted by Gasteiger charge is 2.17. The maximum atomic E-state index is 11.6. The summed E-state index contributed by atoms with van der Waals surface area (Å²) in [6.45, 7) is 8.40. The average molecular weight is 465 g/mol. The summed E-state index contributed by atoms with van der Waals surface area (Å²) < 4.78 is 11.7. The number of alkyl carbamates (subject to hydrolysis) is 1. The van der Waals surface area contributed by atoms with Crippen LogP contribution >= 0.6 is 0 Å². The fraction of sp³-hybridized carbons (Fsp3) is 0.652. The first-order valence-electron chi connectivity index (χ1n) is 11.4. The minimum absolute atomic E-state index is 0.0928. The lowest BCUT2D eigenvalue weighted by atomic mass is 9.93. The number of hydrogen-bond acceptors (Lipinski definition) is 7. The zero-order valence-electron chi connectivity index (χ0n) is 21.0. The predicted molar refractivity (Wildman–Crippen MR) is 129 cm³/mol. The predicted octanol–water partition coefficient (Wildman–Crippen LogP) is 4.02. The van der Waals surface area contributed by atoms with Gasteiger partial charge in [0.1, 0.15) is 17.6 Å². The molecular weight excluding hydrogens is 424 g/mol. The van der Waals surface area contributed by atoms with E-state index in [4.69, 9.17) is 9.47 Å². The molecule has 0 aliphatic carbocycles. The van der Waals surface area contributed by atoms with E-state index in [-0.39, 0.29) is 18.2 Å². The van der Waals surface area contributed by atoms with Crippen LogP contribution in [0.15, 0.2) is 12.1 Å². The molecule has 33 heavy (non-hydrogen) atoms. The van der Waals surface area contributed by atoms with Gasteiger partial charge in [-0.05, 0) is 46.1 Å². The van der Waals surface area contributed by atoms with E-state index >= 15 is 0 Å². The first-order chi connectivity index (χ1) is 15.7. The van der Waals surface area contributed by atoms with Crippen molar-refractivity contribution >= 4 is 18.2 Å². The molecule has 2 unspecified atom stereocenters. The van der Waals surface area contributed by atoms with Gasteiger partial charge in [-0.15, -0.1) is 0 Å². The highest BCUT2D eigenvalue weighted by Crippen LogP contribution is 2.27. The van der Waals surface area contributed by atoms with Gasteiger partial charge in [0.05, 0.1) is 12.3 Å². The second kappa shape index (κ2) is 15.0. The number of methoxy groups -OCH3 is 1. The fourth-order valence-corrected chi connectivity index (χ4v) is 3.30. The molecule has 2 aromatic heterocycles. The van der Waals surface area contributed by atoms with Gasteiger partial charge in [-0.2, -0.15) is 10.2 Å². The third-order valence-electron chi connectivity index (χ3n) is 4.95. The van der Waals surface area contributed by atoms with Crippen molar-refractivity contribution in [3.05, 3.63) is 29.2 Å². The highest BCUT2D eigenvalue weighted by molar-refractivity contribution is 5.72. The smallest absolute Gasteiger partial charge is 0.407 e. The molecule has 0 bridgehead atoms. The van der Waals surface area contributed by atoms with Crippen molar-refractivity contribution in [1.29, 1.82) is 0 Å². The minimum Gasteiger partial charge on any atom is -0.447 e. The van der Waals surface area contributed by atoms with Gasteiger partial charge in [-0.3, -0.25) is 14.6 Å². The normalized spacial score (nSPS) is 12.5. The van der Waals surface area contributed by atoms with Crippen molar-refractivity contribution in [3.63, 3.8) is 0 Å². The molecule has 0 fully saturated rings. The van der Waals surface area contributed by atoms with Crippen molar-refractivity contribution in [2.45, 2.75) is 78.0 Å². The summed E-state index contributed by atoms with van der Waals surface area (Å²) in [6.07, 6.45) is 4.35. The van der Waals surface area contributed by atoms with E-state index in [0.29, 0.717) is 18.2 Å². The van der Waals surface area contributed by atoms with E-state index in [1.165, 1.54) is 4.68 Å². The quantitative estimate of drug-likeness (QED) is 0.405. The SMILES string of the molecule is CCCC(CCC(C)OC(=O)NC(C)C)c1cc(NC)n[nH]1.COCc1cc(C=O)n(C)n1. The Bertz CT molecular complexity index is 833. The Labute approximate surface area is 196 Å². The van der Waals surface area contributed by atoms with Gasteiger partial charge >= 0.3 is 6.09 Å². The molecule has 0 spiro atoms. The number of aromatic nitrogens is 4. The number of H-pyrrole nitrogens is 1. The van der Waals surface area contributed by atoms with Gasteiger partial charge in [0.25, 0.3) is 0 Å². The number of carbonyl (C=O) groups is 2. The van der Waals surface area contributed by atoms with Crippen LogP contribution in [-0.2, 0) is 23.1 Å². The molecule has 0 aliphatic heterocycles. The number of anilines is 1. The molecule has 0 aromatic carbocycles. The van der Waals surface area contributed by atoms with E-state index < -0.39 is 0 Å². The van der Waals surface area contributed by atoms with E-state index in [1.807, 2.05) is 27.8 Å². The Kier molecular flexibility index (Phi) is 12.8. The van der Waals surface area contributed by atoms with Crippen molar-refractivity contribution in [2.24, 2.45) is 7.05 Å². The van der Waals surface area contributed by atoms with Crippen molar-refractivity contribution in [1.82, 2.24) is 25.3 Å². The molecule has 2 aromatic rings. The molecule has 2 heterocycles. The number of nitrogens with zero attached hydrogens (tertiary/aromatic N) is 3. The zero-order chi connectivity index (χ0) is 24.8. The first kappa shape index (κ1) is 28.2. The van der Waals surface area contributed by atoms with Crippen molar-refractivity contribution < 1.29 is 19.1 Å². The minimum atomic E-state index is -0.339. The van der Waals surface area contributed by atoms with Crippen molar-refractivity contribution in [2.75, 3.05) is 19.5 Å². The third-order valence-corrected chi connectivity index (χ3v) is 4.95. The first-order valence-corrected chi connectivity index (χ1v) is 11.4. The lowest BCUT2D eigenvalue weighted by Gasteiger charge is -2.19. The lowest BCUT2D eigenvalue weighted by Crippen LogP contribution is -2.33. The van der Waals surface area contributed by atoms with Gasteiger partial charge in [-0.1, -0.05) is 13.3 Å². The summed E-state index contributed by atoms with van der Waals surface area (Å²) >= 11 is 0. The molecule has 3 N–H and O–H groups in total. The van der Waals surface area contributed by atoms with Crippen LogP contribution in [0.1, 0.15) is 81.2 Å². The van der Waals surface area contributed by atoms with Crippen LogP contribution in [0.3, 0.4) is 0 Å². The maximum Gasteiger partial charge on any atom is 0.407 e. The Morgan fingerprint density at radius 3 is 2.48 bits per heavy atom. The van der Waals surface area contributed by atoms with Crippen LogP contribution < -0.4 is 10.6 Å². The molecule has 10 heteroatoms. The van der Waals surface area contributed by atoms with Crippen LogP contribution in [0.25, 0.3) is 0 Å². The number of nitrogens with one attached hydrogen (secondary N) is 3. The number of amides is 1. The zero-order valence-corrected chi connectivity index (χ0v) is 21.0. The number of aromatic amines is 1. The molecule has 0 saturated carbocycles. The summed E-state index contributed by atoms with van der Waals surface area (Å²) in [5.74, 6) is 1.27. The molecule has 1 amide bonds. The Hall–Kier alpha value is -2.88. The van der Waals surface area contributed by atoms with E-state index in [2.05, 4.69) is 38.9 Å². The third kappa shape index (κ3) is 10.5. The van der Waals surface area contributed by atoms with Crippen LogP contribution in [0.5, 0.6) is 0 Å². The number of carbonyl (C=O) groups excluding carboxylic acids is 2. The van der Waals surface area contributed by atoms with Gasteiger partial charge < -0.3 is 20.1 Å². The molecule has 0 saturated heterocycles. The van der Waals surface area contributed by atoms with Crippen LogP contribution in [0.4, 0.5) is 10.6 Å². The summed E-state index contributed by atoms with van der Waals surface area (Å²) in [5, 5.41) is 17.1. The lowest BCUT2D eigenvalue weighted by molar-refractivity contribution is 0.0976. The number of rotatable bonds is 12. The van der Waals surface area contributed by atoms with E-state index in [0.717, 1.165) is 49.2 Å². The second-order valence-corrected chi connectivity index (χ2v) is 8.27. The summed E-state index contributed by atoms with van der Waals surface area (Å²) in [5.41, 5.74) is 2.49. The number of aryl methyl sites for hydroxylation is 1. The van der Waals surface area contributed by atoms with Gasteiger partial charge in [-0.25, -0.2) is 4.79 Å². The number of aldehydes is 1. The molecule has 0 aliphatic rings. The fourth-order valence-electron chi connectivity index (χ4n) is 3.30. The maximum absolute atomic E-state index is 11.6. The molecule has 10 nitrogen and oxygen atoms in total. The van der Waals surface area contributed by atoms with Gasteiger partial charge in [0, 0.05) is 44.9 Å². The molecule has 2 atom stereocenters. The van der Waals surface area contributed by atoms with Gasteiger partial charge in [0.15, 0.2) is 6.29 Å². The summed E-state index contributed by atoms with van der Waals surface area (Å²) in [6, 6.07) is 3.85. The molecule has 186 valence electrons. The highest BCUT2D eigenvalue weighted by atomic mass is 16.6. The number of hydrogen-bond donors (Lipinski definition) is 3. The summed E-state index contributed by atoms with van der Waals surface area (Å²) in [4.78, 5) is 21.9.